The van der Waals surface area contributed by atoms with E-state index in [1.807, 2.05) is 50.2 Å². The number of anilines is 1. The fraction of sp³-hybridized carbons (Fsp3) is 0.222. The maximum absolute atomic E-state index is 12.3. The Morgan fingerprint density at radius 2 is 1.79 bits per heavy atom. The van der Waals surface area contributed by atoms with Crippen molar-refractivity contribution in [3.8, 4) is 0 Å². The average molecular weight is 409 g/mol. The highest BCUT2D eigenvalue weighted by Crippen LogP contribution is 2.15. The molecule has 126 valence electrons. The predicted molar refractivity (Wildman–Crippen MR) is 104 cm³/mol. The minimum Gasteiger partial charge on any atom is -0.374 e. The van der Waals surface area contributed by atoms with Crippen LogP contribution in [0.1, 0.15) is 25.8 Å². The number of hydrogen-bond donors (Lipinski definition) is 2. The van der Waals surface area contributed by atoms with Crippen LogP contribution in [0.25, 0.3) is 0 Å². The Kier molecular flexibility index (Phi) is 6.82. The van der Waals surface area contributed by atoms with Crippen molar-refractivity contribution in [2.24, 2.45) is 5.10 Å². The van der Waals surface area contributed by atoms with Crippen LogP contribution in [-0.4, -0.2) is 17.7 Å². The predicted octanol–water partition coefficient (Wildman–Crippen LogP) is 4.83. The maximum Gasteiger partial charge on any atom is 0.262 e. The molecule has 4 nitrogen and oxygen atoms in total. The van der Waals surface area contributed by atoms with Crippen molar-refractivity contribution in [3.63, 3.8) is 0 Å². The number of benzene rings is 2. The van der Waals surface area contributed by atoms with Gasteiger partial charge in [0.05, 0.1) is 5.71 Å². The van der Waals surface area contributed by atoms with Crippen LogP contribution in [0.2, 0.25) is 5.02 Å². The van der Waals surface area contributed by atoms with Gasteiger partial charge in [0, 0.05) is 15.2 Å². The third-order valence-electron chi connectivity index (χ3n) is 3.51. The third-order valence-corrected chi connectivity index (χ3v) is 4.29. The fourth-order valence-electron chi connectivity index (χ4n) is 2.07. The van der Waals surface area contributed by atoms with Crippen molar-refractivity contribution in [1.82, 2.24) is 5.43 Å². The molecule has 0 aromatic heterocycles. The number of nitrogens with zero attached hydrogens (tertiary/aromatic N) is 1. The van der Waals surface area contributed by atoms with E-state index in [1.165, 1.54) is 0 Å². The van der Waals surface area contributed by atoms with Gasteiger partial charge >= 0.3 is 0 Å². The van der Waals surface area contributed by atoms with Crippen LogP contribution in [0.15, 0.2) is 58.1 Å². The Morgan fingerprint density at radius 3 is 2.38 bits per heavy atom. The number of hydrazone groups is 1. The van der Waals surface area contributed by atoms with Gasteiger partial charge in [0.1, 0.15) is 6.04 Å². The zero-order valence-electron chi connectivity index (χ0n) is 13.5. The van der Waals surface area contributed by atoms with Gasteiger partial charge in [0.2, 0.25) is 0 Å². The molecule has 0 saturated heterocycles. The van der Waals surface area contributed by atoms with Gasteiger partial charge in [-0.3, -0.25) is 4.79 Å². The molecular formula is C18H19BrClN3O. The van der Waals surface area contributed by atoms with Crippen LogP contribution in [0.5, 0.6) is 0 Å². The second-order valence-corrected chi connectivity index (χ2v) is 6.64. The van der Waals surface area contributed by atoms with Gasteiger partial charge in [0.25, 0.3) is 5.91 Å². The molecule has 0 fully saturated rings. The topological polar surface area (TPSA) is 53.5 Å². The normalized spacial score (nSPS) is 12.6. The van der Waals surface area contributed by atoms with Crippen molar-refractivity contribution >= 4 is 44.8 Å². The molecule has 1 amide bonds. The monoisotopic (exact) mass is 407 g/mol. The van der Waals surface area contributed by atoms with Crippen molar-refractivity contribution in [2.75, 3.05) is 5.32 Å². The summed E-state index contributed by atoms with van der Waals surface area (Å²) in [5.74, 6) is -0.177. The maximum atomic E-state index is 12.3. The van der Waals surface area contributed by atoms with Crippen LogP contribution in [-0.2, 0) is 4.79 Å². The van der Waals surface area contributed by atoms with E-state index >= 15 is 0 Å². The summed E-state index contributed by atoms with van der Waals surface area (Å²) in [7, 11) is 0. The van der Waals surface area contributed by atoms with Crippen molar-refractivity contribution in [1.29, 1.82) is 0 Å². The summed E-state index contributed by atoms with van der Waals surface area (Å²) in [6.07, 6.45) is 0.640. The number of amides is 1. The lowest BCUT2D eigenvalue weighted by Gasteiger charge is -2.16. The lowest BCUT2D eigenvalue weighted by molar-refractivity contribution is -0.121. The summed E-state index contributed by atoms with van der Waals surface area (Å²) in [5.41, 5.74) is 5.17. The molecule has 0 aliphatic carbocycles. The molecule has 2 aromatic rings. The van der Waals surface area contributed by atoms with E-state index in [0.29, 0.717) is 11.4 Å². The molecule has 0 aliphatic rings. The largest absolute Gasteiger partial charge is 0.374 e. The van der Waals surface area contributed by atoms with Crippen molar-refractivity contribution < 1.29 is 4.79 Å². The molecule has 2 aromatic carbocycles. The number of nitrogens with one attached hydrogen (secondary N) is 2. The van der Waals surface area contributed by atoms with Gasteiger partial charge in [0.15, 0.2) is 0 Å². The van der Waals surface area contributed by atoms with Gasteiger partial charge in [-0.25, -0.2) is 5.43 Å². The molecule has 0 heterocycles. The third kappa shape index (κ3) is 5.35. The SMILES string of the molecule is CCC(Nc1ccc(Cl)cc1)C(=O)NN=C(C)c1ccc(Br)cc1. The first kappa shape index (κ1) is 18.5. The summed E-state index contributed by atoms with van der Waals surface area (Å²) >= 11 is 9.26. The quantitative estimate of drug-likeness (QED) is 0.531. The van der Waals surface area contributed by atoms with Crippen LogP contribution >= 0.6 is 27.5 Å². The van der Waals surface area contributed by atoms with Crippen LogP contribution in [0, 0.1) is 0 Å². The fourth-order valence-corrected chi connectivity index (χ4v) is 2.46. The summed E-state index contributed by atoms with van der Waals surface area (Å²) in [6.45, 7) is 3.80. The van der Waals surface area contributed by atoms with E-state index in [2.05, 4.69) is 31.8 Å². The Balaban J connectivity index is 1.99. The molecule has 1 atom stereocenters. The number of carbonyl (C=O) groups excluding carboxylic acids is 1. The molecule has 0 spiro atoms. The Bertz CT molecular complexity index is 714. The molecule has 2 rings (SSSR count). The van der Waals surface area contributed by atoms with E-state index in [-0.39, 0.29) is 11.9 Å². The molecule has 2 N–H and O–H groups in total. The van der Waals surface area contributed by atoms with E-state index in [0.717, 1.165) is 21.4 Å². The first-order valence-electron chi connectivity index (χ1n) is 7.61. The second kappa shape index (κ2) is 8.85. The van der Waals surface area contributed by atoms with E-state index in [1.54, 1.807) is 12.1 Å². The summed E-state index contributed by atoms with van der Waals surface area (Å²) in [5, 5.41) is 8.03. The Morgan fingerprint density at radius 1 is 1.17 bits per heavy atom. The highest BCUT2D eigenvalue weighted by molar-refractivity contribution is 9.10. The van der Waals surface area contributed by atoms with Crippen molar-refractivity contribution in [3.05, 3.63) is 63.6 Å². The van der Waals surface area contributed by atoms with Gasteiger partial charge in [-0.1, -0.05) is 46.6 Å². The molecule has 0 aliphatic heterocycles. The average Bonchev–Trinajstić information content (AvgIpc) is 2.59. The molecule has 6 heteroatoms. The standard InChI is InChI=1S/C18H19BrClN3O/c1-3-17(21-16-10-8-15(20)9-11-16)18(24)23-22-12(2)13-4-6-14(19)7-5-13/h4-11,17,21H,3H2,1-2H3,(H,23,24). The van der Waals surface area contributed by atoms with Crippen molar-refractivity contribution in [2.45, 2.75) is 26.3 Å². The molecule has 0 radical (unpaired) electrons. The summed E-state index contributed by atoms with van der Waals surface area (Å²) in [6, 6.07) is 14.6. The number of halogens is 2. The lowest BCUT2D eigenvalue weighted by Crippen LogP contribution is -2.37. The van der Waals surface area contributed by atoms with Crippen LogP contribution < -0.4 is 10.7 Å². The number of carbonyl (C=O) groups is 1. The van der Waals surface area contributed by atoms with Gasteiger partial charge in [-0.2, -0.15) is 5.10 Å². The zero-order valence-corrected chi connectivity index (χ0v) is 15.9. The van der Waals surface area contributed by atoms with Crippen LogP contribution in [0.3, 0.4) is 0 Å². The van der Waals surface area contributed by atoms with E-state index < -0.39 is 0 Å². The number of hydrogen-bond acceptors (Lipinski definition) is 3. The molecular weight excluding hydrogens is 390 g/mol. The number of rotatable bonds is 6. The Hall–Kier alpha value is -1.85. The lowest BCUT2D eigenvalue weighted by atomic mass is 10.1. The smallest absolute Gasteiger partial charge is 0.262 e. The Labute approximate surface area is 155 Å². The minimum absolute atomic E-state index is 0.177. The molecule has 0 saturated carbocycles. The summed E-state index contributed by atoms with van der Waals surface area (Å²) < 4.78 is 1.00. The zero-order chi connectivity index (χ0) is 17.5. The summed E-state index contributed by atoms with van der Waals surface area (Å²) in [4.78, 5) is 12.3. The van der Waals surface area contributed by atoms with E-state index in [4.69, 9.17) is 11.6 Å². The first-order valence-corrected chi connectivity index (χ1v) is 8.79. The van der Waals surface area contributed by atoms with Crippen LogP contribution in [0.4, 0.5) is 5.69 Å². The first-order chi connectivity index (χ1) is 11.5. The van der Waals surface area contributed by atoms with E-state index in [9.17, 15) is 4.79 Å². The minimum atomic E-state index is -0.368. The highest BCUT2D eigenvalue weighted by Gasteiger charge is 2.15. The molecule has 0 bridgehead atoms. The van der Waals surface area contributed by atoms with Gasteiger partial charge < -0.3 is 5.32 Å². The van der Waals surface area contributed by atoms with Gasteiger partial charge in [-0.05, 0) is 55.3 Å². The molecule has 1 unspecified atom stereocenters. The second-order valence-electron chi connectivity index (χ2n) is 5.29. The molecule has 24 heavy (non-hydrogen) atoms. The highest BCUT2D eigenvalue weighted by atomic mass is 79.9. The van der Waals surface area contributed by atoms with Gasteiger partial charge in [-0.15, -0.1) is 0 Å².